The molecule has 6 heteroatoms. The quantitative estimate of drug-likeness (QED) is 0.186. The van der Waals surface area contributed by atoms with Crippen molar-refractivity contribution in [3.63, 3.8) is 0 Å². The Kier molecular flexibility index (Phi) is 6.91. The van der Waals surface area contributed by atoms with E-state index in [1.54, 1.807) is 36.4 Å². The van der Waals surface area contributed by atoms with Gasteiger partial charge in [-0.25, -0.2) is 0 Å². The average Bonchev–Trinajstić information content (AvgIpc) is 3.75. The lowest BCUT2D eigenvalue weighted by molar-refractivity contribution is 0.670. The number of para-hydroxylation sites is 3. The van der Waals surface area contributed by atoms with Crippen LogP contribution < -0.4 is 0 Å². The van der Waals surface area contributed by atoms with Crippen molar-refractivity contribution in [3.8, 4) is 63.3 Å². The fraction of sp³-hybridized carbons (Fsp3) is 0. The molecule has 0 saturated carbocycles. The van der Waals surface area contributed by atoms with E-state index in [-0.39, 0.29) is 0 Å². The van der Waals surface area contributed by atoms with Gasteiger partial charge >= 0.3 is 0 Å². The molecule has 7 aromatic carbocycles. The van der Waals surface area contributed by atoms with E-state index in [2.05, 4.69) is 89.5 Å². The zero-order valence-electron chi connectivity index (χ0n) is 27.4. The van der Waals surface area contributed by atoms with E-state index >= 15 is 0 Å². The lowest BCUT2D eigenvalue weighted by atomic mass is 9.97. The van der Waals surface area contributed by atoms with Crippen LogP contribution in [0, 0.1) is 45.3 Å². The molecule has 6 nitrogen and oxygen atoms in total. The minimum absolute atomic E-state index is 0.415. The first-order valence-corrected chi connectivity index (χ1v) is 16.6. The third-order valence-corrected chi connectivity index (χ3v) is 9.65. The van der Waals surface area contributed by atoms with Crippen LogP contribution in [0.3, 0.4) is 0 Å². The lowest BCUT2D eigenvalue weighted by Crippen LogP contribution is -1.97. The average molecular weight is 662 g/mol. The molecule has 0 atom stereocenters. The molecule has 0 unspecified atom stereocenters. The van der Waals surface area contributed by atoms with Crippen LogP contribution >= 0.6 is 0 Å². The van der Waals surface area contributed by atoms with Gasteiger partial charge < -0.3 is 8.98 Å². The van der Waals surface area contributed by atoms with Gasteiger partial charge in [-0.05, 0) is 95.1 Å². The standard InChI is InChI=1S/C46H23N5O/c47-24-28-16-29(25-48)19-34(18-28)32-12-14-43-40(22-32)41-23-33(35-20-30(26-49)17-31(21-35)27-50)13-15-44(41)51(43)42-10-3-1-6-36(42)38-8-5-9-39-37-7-2-4-11-45(37)52-46(38)39/h1-23H. The highest BCUT2D eigenvalue weighted by Crippen LogP contribution is 2.42. The van der Waals surface area contributed by atoms with Gasteiger partial charge in [0, 0.05) is 32.7 Å². The number of benzene rings is 7. The molecule has 0 saturated heterocycles. The van der Waals surface area contributed by atoms with Crippen LogP contribution in [-0.4, -0.2) is 4.57 Å². The molecule has 9 rings (SSSR count). The van der Waals surface area contributed by atoms with Crippen LogP contribution in [0.4, 0.5) is 0 Å². The van der Waals surface area contributed by atoms with E-state index < -0.39 is 0 Å². The third kappa shape index (κ3) is 4.77. The van der Waals surface area contributed by atoms with Crippen molar-refractivity contribution in [1.82, 2.24) is 4.57 Å². The number of rotatable bonds is 4. The molecule has 0 fully saturated rings. The summed E-state index contributed by atoms with van der Waals surface area (Å²) in [5.74, 6) is 0. The minimum Gasteiger partial charge on any atom is -0.455 e. The minimum atomic E-state index is 0.415. The summed E-state index contributed by atoms with van der Waals surface area (Å²) in [5, 5.41) is 42.8. The zero-order chi connectivity index (χ0) is 35.3. The van der Waals surface area contributed by atoms with Crippen LogP contribution in [0.1, 0.15) is 22.3 Å². The molecule has 0 amide bonds. The highest BCUT2D eigenvalue weighted by atomic mass is 16.3. The second-order valence-electron chi connectivity index (χ2n) is 12.6. The van der Waals surface area contributed by atoms with E-state index in [1.807, 2.05) is 42.5 Å². The van der Waals surface area contributed by atoms with Gasteiger partial charge in [0.1, 0.15) is 11.2 Å². The number of nitrogens with zero attached hydrogens (tertiary/aromatic N) is 5. The Balaban J connectivity index is 1.34. The summed E-state index contributed by atoms with van der Waals surface area (Å²) in [6, 6.07) is 54.1. The Morgan fingerprint density at radius 1 is 0.404 bits per heavy atom. The third-order valence-electron chi connectivity index (χ3n) is 9.65. The molecule has 0 aliphatic carbocycles. The predicted molar refractivity (Wildman–Crippen MR) is 203 cm³/mol. The van der Waals surface area contributed by atoms with Gasteiger partial charge in [0.05, 0.1) is 63.3 Å². The molecule has 0 spiro atoms. The molecule has 2 heterocycles. The van der Waals surface area contributed by atoms with Crippen molar-refractivity contribution < 1.29 is 4.42 Å². The largest absolute Gasteiger partial charge is 0.455 e. The molecule has 9 aromatic rings. The number of hydrogen-bond donors (Lipinski definition) is 0. The summed E-state index contributed by atoms with van der Waals surface area (Å²) >= 11 is 0. The smallest absolute Gasteiger partial charge is 0.143 e. The van der Waals surface area contributed by atoms with Crippen LogP contribution in [0.25, 0.3) is 82.8 Å². The van der Waals surface area contributed by atoms with Gasteiger partial charge in [-0.3, -0.25) is 0 Å². The van der Waals surface area contributed by atoms with Gasteiger partial charge in [-0.15, -0.1) is 0 Å². The SMILES string of the molecule is N#Cc1cc(C#N)cc(-c2ccc3c(c2)c2cc(-c4cc(C#N)cc(C#N)c4)ccc2n3-c2ccccc2-c2cccc3c2oc2ccccc23)c1. The van der Waals surface area contributed by atoms with Crippen molar-refractivity contribution in [2.24, 2.45) is 0 Å². The van der Waals surface area contributed by atoms with Gasteiger partial charge in [-0.1, -0.05) is 66.7 Å². The molecule has 0 N–H and O–H groups in total. The Bertz CT molecular complexity index is 2940. The second kappa shape index (κ2) is 11.9. The number of nitriles is 4. The van der Waals surface area contributed by atoms with Crippen LogP contribution in [0.15, 0.2) is 144 Å². The summed E-state index contributed by atoms with van der Waals surface area (Å²) < 4.78 is 8.75. The van der Waals surface area contributed by atoms with E-state index in [1.165, 1.54) is 0 Å². The summed E-state index contributed by atoms with van der Waals surface area (Å²) in [7, 11) is 0. The van der Waals surface area contributed by atoms with E-state index in [0.29, 0.717) is 22.3 Å². The number of fused-ring (bicyclic) bond motifs is 6. The maximum Gasteiger partial charge on any atom is 0.143 e. The Morgan fingerprint density at radius 3 is 1.48 bits per heavy atom. The summed E-state index contributed by atoms with van der Waals surface area (Å²) in [4.78, 5) is 0. The maximum absolute atomic E-state index is 9.70. The first-order chi connectivity index (χ1) is 25.6. The normalized spacial score (nSPS) is 11.0. The highest BCUT2D eigenvalue weighted by molar-refractivity contribution is 6.13. The number of furan rings is 1. The molecular formula is C46H23N5O. The number of hydrogen-bond acceptors (Lipinski definition) is 5. The summed E-state index contributed by atoms with van der Waals surface area (Å²) in [6.45, 7) is 0. The lowest BCUT2D eigenvalue weighted by Gasteiger charge is -2.15. The van der Waals surface area contributed by atoms with E-state index in [9.17, 15) is 21.0 Å². The molecule has 0 aliphatic rings. The maximum atomic E-state index is 9.70. The molecular weight excluding hydrogens is 639 g/mol. The monoisotopic (exact) mass is 661 g/mol. The van der Waals surface area contributed by atoms with Crippen LogP contribution in [0.5, 0.6) is 0 Å². The van der Waals surface area contributed by atoms with Crippen molar-refractivity contribution in [3.05, 3.63) is 162 Å². The molecule has 238 valence electrons. The van der Waals surface area contributed by atoms with Crippen LogP contribution in [0.2, 0.25) is 0 Å². The van der Waals surface area contributed by atoms with Crippen molar-refractivity contribution in [2.75, 3.05) is 0 Å². The molecule has 0 bridgehead atoms. The van der Waals surface area contributed by atoms with Gasteiger partial charge in [0.2, 0.25) is 0 Å². The van der Waals surface area contributed by atoms with Crippen molar-refractivity contribution in [2.45, 2.75) is 0 Å². The van der Waals surface area contributed by atoms with Gasteiger partial charge in [0.25, 0.3) is 0 Å². The Hall–Kier alpha value is -7.90. The molecule has 2 aromatic heterocycles. The zero-order valence-corrected chi connectivity index (χ0v) is 27.4. The first kappa shape index (κ1) is 30.2. The van der Waals surface area contributed by atoms with Crippen molar-refractivity contribution in [1.29, 1.82) is 21.0 Å². The fourth-order valence-corrected chi connectivity index (χ4v) is 7.34. The molecule has 52 heavy (non-hydrogen) atoms. The molecule has 0 aliphatic heterocycles. The molecule has 0 radical (unpaired) electrons. The number of aromatic nitrogens is 1. The topological polar surface area (TPSA) is 113 Å². The Labute approximate surface area is 298 Å². The second-order valence-corrected chi connectivity index (χ2v) is 12.6. The first-order valence-electron chi connectivity index (χ1n) is 16.6. The van der Waals surface area contributed by atoms with E-state index in [4.69, 9.17) is 4.42 Å². The van der Waals surface area contributed by atoms with Crippen molar-refractivity contribution >= 4 is 43.7 Å². The van der Waals surface area contributed by atoms with Gasteiger partial charge in [0.15, 0.2) is 0 Å². The Morgan fingerprint density at radius 2 is 0.904 bits per heavy atom. The van der Waals surface area contributed by atoms with Gasteiger partial charge in [-0.2, -0.15) is 21.0 Å². The predicted octanol–water partition coefficient (Wildman–Crippen LogP) is 11.2. The van der Waals surface area contributed by atoms with Crippen LogP contribution in [-0.2, 0) is 0 Å². The fourth-order valence-electron chi connectivity index (χ4n) is 7.34. The van der Waals surface area contributed by atoms with E-state index in [0.717, 1.165) is 82.8 Å². The summed E-state index contributed by atoms with van der Waals surface area (Å²) in [6.07, 6.45) is 0. The summed E-state index contributed by atoms with van der Waals surface area (Å²) in [5.41, 5.74) is 11.4. The highest BCUT2D eigenvalue weighted by Gasteiger charge is 2.20.